The fraction of sp³-hybridized carbons (Fsp3) is 0. The van der Waals surface area contributed by atoms with Crippen molar-refractivity contribution in [3.63, 3.8) is 0 Å². The highest BCUT2D eigenvalue weighted by Crippen LogP contribution is 2.39. The first kappa shape index (κ1) is 15.7. The number of furan rings is 1. The standard InChI is InChI=1S/C26H18O/c1-3-9-19(10-4-1)20-15-17-22(18-16-20)26-24-14-8-7-13-23(24)25(27-26)21-11-5-2-6-12-21/h1-18H. The molecule has 27 heavy (non-hydrogen) atoms. The molecule has 0 spiro atoms. The third-order valence-corrected chi connectivity index (χ3v) is 4.91. The smallest absolute Gasteiger partial charge is 0.142 e. The summed E-state index contributed by atoms with van der Waals surface area (Å²) in [5.41, 5.74) is 4.62. The maximum Gasteiger partial charge on any atom is 0.142 e. The minimum Gasteiger partial charge on any atom is -0.455 e. The average Bonchev–Trinajstić information content (AvgIpc) is 3.15. The van der Waals surface area contributed by atoms with E-state index in [0.29, 0.717) is 0 Å². The van der Waals surface area contributed by atoms with Crippen LogP contribution in [0.25, 0.3) is 44.5 Å². The number of hydrogen-bond acceptors (Lipinski definition) is 1. The van der Waals surface area contributed by atoms with Gasteiger partial charge in [0.25, 0.3) is 0 Å². The lowest BCUT2D eigenvalue weighted by atomic mass is 10.0. The van der Waals surface area contributed by atoms with Crippen molar-refractivity contribution in [1.82, 2.24) is 0 Å². The molecule has 1 nitrogen and oxygen atoms in total. The van der Waals surface area contributed by atoms with Gasteiger partial charge in [0.2, 0.25) is 0 Å². The van der Waals surface area contributed by atoms with E-state index in [1.165, 1.54) is 11.1 Å². The molecule has 0 saturated heterocycles. The second kappa shape index (κ2) is 6.62. The maximum atomic E-state index is 6.38. The van der Waals surface area contributed by atoms with Gasteiger partial charge in [0, 0.05) is 21.9 Å². The predicted molar refractivity (Wildman–Crippen MR) is 113 cm³/mol. The van der Waals surface area contributed by atoms with Crippen LogP contribution in [0.1, 0.15) is 0 Å². The molecular formula is C26H18O. The molecule has 5 aromatic rings. The summed E-state index contributed by atoms with van der Waals surface area (Å²) in [5.74, 6) is 1.84. The highest BCUT2D eigenvalue weighted by Gasteiger charge is 2.15. The minimum absolute atomic E-state index is 0.920. The van der Waals surface area contributed by atoms with E-state index in [2.05, 4.69) is 84.9 Å². The summed E-state index contributed by atoms with van der Waals surface area (Å²) in [5, 5.41) is 2.29. The quantitative estimate of drug-likeness (QED) is 0.331. The first-order chi connectivity index (χ1) is 13.4. The maximum absolute atomic E-state index is 6.38. The average molecular weight is 346 g/mol. The van der Waals surface area contributed by atoms with Gasteiger partial charge in [-0.2, -0.15) is 0 Å². The van der Waals surface area contributed by atoms with Gasteiger partial charge in [0.05, 0.1) is 0 Å². The minimum atomic E-state index is 0.920. The fourth-order valence-electron chi connectivity index (χ4n) is 3.55. The Morgan fingerprint density at radius 1 is 0.333 bits per heavy atom. The monoisotopic (exact) mass is 346 g/mol. The Morgan fingerprint density at radius 3 is 1.26 bits per heavy atom. The van der Waals surface area contributed by atoms with Crippen LogP contribution in [0.2, 0.25) is 0 Å². The lowest BCUT2D eigenvalue weighted by molar-refractivity contribution is 0.602. The van der Waals surface area contributed by atoms with E-state index in [4.69, 9.17) is 4.42 Å². The molecule has 0 fully saturated rings. The van der Waals surface area contributed by atoms with Crippen molar-refractivity contribution in [2.45, 2.75) is 0 Å². The van der Waals surface area contributed by atoms with Crippen LogP contribution < -0.4 is 0 Å². The molecule has 0 bridgehead atoms. The van der Waals surface area contributed by atoms with Crippen molar-refractivity contribution >= 4 is 10.8 Å². The third-order valence-electron chi connectivity index (χ3n) is 4.91. The topological polar surface area (TPSA) is 13.1 Å². The second-order valence-electron chi connectivity index (χ2n) is 6.62. The van der Waals surface area contributed by atoms with Crippen LogP contribution in [-0.2, 0) is 0 Å². The summed E-state index contributed by atoms with van der Waals surface area (Å²) in [6, 6.07) is 37.7. The van der Waals surface area contributed by atoms with Gasteiger partial charge in [-0.25, -0.2) is 0 Å². The highest BCUT2D eigenvalue weighted by atomic mass is 16.3. The summed E-state index contributed by atoms with van der Waals surface area (Å²) in [7, 11) is 0. The Labute approximate surface area is 158 Å². The van der Waals surface area contributed by atoms with Crippen molar-refractivity contribution in [3.8, 4) is 33.8 Å². The molecule has 1 heterocycles. The summed E-state index contributed by atoms with van der Waals surface area (Å²) >= 11 is 0. The zero-order chi connectivity index (χ0) is 18.1. The van der Waals surface area contributed by atoms with Crippen molar-refractivity contribution in [1.29, 1.82) is 0 Å². The van der Waals surface area contributed by atoms with Crippen LogP contribution in [0.4, 0.5) is 0 Å². The molecule has 0 unspecified atom stereocenters. The summed E-state index contributed by atoms with van der Waals surface area (Å²) < 4.78 is 6.38. The van der Waals surface area contributed by atoms with Gasteiger partial charge in [-0.05, 0) is 11.1 Å². The van der Waals surface area contributed by atoms with E-state index >= 15 is 0 Å². The lowest BCUT2D eigenvalue weighted by Crippen LogP contribution is -1.79. The van der Waals surface area contributed by atoms with Gasteiger partial charge in [-0.3, -0.25) is 0 Å². The van der Waals surface area contributed by atoms with Crippen LogP contribution in [0, 0.1) is 0 Å². The van der Waals surface area contributed by atoms with Gasteiger partial charge in [0.1, 0.15) is 11.5 Å². The molecule has 0 aliphatic carbocycles. The second-order valence-corrected chi connectivity index (χ2v) is 6.62. The molecule has 1 heteroatoms. The Bertz CT molecular complexity index is 1180. The first-order valence-electron chi connectivity index (χ1n) is 9.13. The van der Waals surface area contributed by atoms with E-state index in [1.54, 1.807) is 0 Å². The molecule has 0 aliphatic heterocycles. The first-order valence-corrected chi connectivity index (χ1v) is 9.13. The van der Waals surface area contributed by atoms with Crippen molar-refractivity contribution < 1.29 is 4.42 Å². The zero-order valence-corrected chi connectivity index (χ0v) is 14.8. The van der Waals surface area contributed by atoms with Crippen molar-refractivity contribution in [2.75, 3.05) is 0 Å². The van der Waals surface area contributed by atoms with Gasteiger partial charge in [-0.1, -0.05) is 109 Å². The molecule has 5 rings (SSSR count). The fourth-order valence-corrected chi connectivity index (χ4v) is 3.55. The highest BCUT2D eigenvalue weighted by molar-refractivity contribution is 6.02. The molecule has 0 atom stereocenters. The van der Waals surface area contributed by atoms with E-state index in [0.717, 1.165) is 33.4 Å². The summed E-state index contributed by atoms with van der Waals surface area (Å²) in [6.07, 6.45) is 0. The number of rotatable bonds is 3. The van der Waals surface area contributed by atoms with Crippen LogP contribution in [-0.4, -0.2) is 0 Å². The molecule has 128 valence electrons. The normalized spacial score (nSPS) is 11.0. The summed E-state index contributed by atoms with van der Waals surface area (Å²) in [6.45, 7) is 0. The van der Waals surface area contributed by atoms with E-state index < -0.39 is 0 Å². The number of benzene rings is 4. The van der Waals surface area contributed by atoms with E-state index in [-0.39, 0.29) is 0 Å². The van der Waals surface area contributed by atoms with Crippen molar-refractivity contribution in [3.05, 3.63) is 109 Å². The van der Waals surface area contributed by atoms with E-state index in [1.807, 2.05) is 24.3 Å². The predicted octanol–water partition coefficient (Wildman–Crippen LogP) is 7.43. The Kier molecular flexibility index (Phi) is 3.84. The van der Waals surface area contributed by atoms with Gasteiger partial charge < -0.3 is 4.42 Å². The van der Waals surface area contributed by atoms with Gasteiger partial charge in [0.15, 0.2) is 0 Å². The van der Waals surface area contributed by atoms with Crippen LogP contribution in [0.15, 0.2) is 114 Å². The number of fused-ring (bicyclic) bond motifs is 1. The Morgan fingerprint density at radius 2 is 0.704 bits per heavy atom. The lowest BCUT2D eigenvalue weighted by Gasteiger charge is -2.03. The van der Waals surface area contributed by atoms with Gasteiger partial charge >= 0.3 is 0 Å². The van der Waals surface area contributed by atoms with Crippen LogP contribution >= 0.6 is 0 Å². The molecule has 0 N–H and O–H groups in total. The Hall–Kier alpha value is -3.58. The Balaban J connectivity index is 1.63. The molecule has 1 aromatic heterocycles. The van der Waals surface area contributed by atoms with Crippen LogP contribution in [0.5, 0.6) is 0 Å². The zero-order valence-electron chi connectivity index (χ0n) is 14.8. The van der Waals surface area contributed by atoms with E-state index in [9.17, 15) is 0 Å². The summed E-state index contributed by atoms with van der Waals surface area (Å²) in [4.78, 5) is 0. The van der Waals surface area contributed by atoms with Crippen LogP contribution in [0.3, 0.4) is 0 Å². The molecule has 4 aromatic carbocycles. The molecule has 0 radical (unpaired) electrons. The molecule has 0 aliphatic rings. The molecule has 0 saturated carbocycles. The van der Waals surface area contributed by atoms with Crippen molar-refractivity contribution in [2.24, 2.45) is 0 Å². The number of hydrogen-bond donors (Lipinski definition) is 0. The van der Waals surface area contributed by atoms with Gasteiger partial charge in [-0.15, -0.1) is 0 Å². The molecular weight excluding hydrogens is 328 g/mol. The largest absolute Gasteiger partial charge is 0.455 e. The SMILES string of the molecule is c1ccc(-c2ccc(-c3oc(-c4ccccc4)c4ccccc34)cc2)cc1. The third kappa shape index (κ3) is 2.84. The molecule has 0 amide bonds.